The van der Waals surface area contributed by atoms with E-state index in [0.29, 0.717) is 28.4 Å². The summed E-state index contributed by atoms with van der Waals surface area (Å²) in [5, 5.41) is 30.0. The van der Waals surface area contributed by atoms with Crippen LogP contribution in [0, 0.1) is 23.7 Å². The predicted molar refractivity (Wildman–Crippen MR) is 202 cm³/mol. The van der Waals surface area contributed by atoms with Gasteiger partial charge in [-0.15, -0.1) is 0 Å². The smallest absolute Gasteiger partial charge is 0.323 e. The van der Waals surface area contributed by atoms with Gasteiger partial charge in [0.2, 0.25) is 0 Å². The molecule has 0 amide bonds. The molecule has 2 aromatic rings. The van der Waals surface area contributed by atoms with E-state index >= 15 is 0 Å². The van der Waals surface area contributed by atoms with Crippen molar-refractivity contribution in [1.82, 2.24) is 10.2 Å². The van der Waals surface area contributed by atoms with E-state index in [-0.39, 0.29) is 36.1 Å². The Labute approximate surface area is 322 Å². The first-order chi connectivity index (χ1) is 25.6. The van der Waals surface area contributed by atoms with Crippen molar-refractivity contribution in [3.05, 3.63) is 63.7 Å². The number of para-hydroxylation sites is 1. The van der Waals surface area contributed by atoms with E-state index in [1.165, 1.54) is 23.1 Å². The molecule has 1 saturated heterocycles. The maximum atomic E-state index is 14.2. The van der Waals surface area contributed by atoms with Gasteiger partial charge >= 0.3 is 11.9 Å². The molecule has 54 heavy (non-hydrogen) atoms. The van der Waals surface area contributed by atoms with Gasteiger partial charge in [-0.2, -0.15) is 0 Å². The van der Waals surface area contributed by atoms with Crippen LogP contribution < -0.4 is 19.9 Å². The van der Waals surface area contributed by atoms with Gasteiger partial charge in [0.25, 0.3) is 0 Å². The highest BCUT2D eigenvalue weighted by Gasteiger charge is 2.62. The van der Waals surface area contributed by atoms with Crippen LogP contribution in [0.3, 0.4) is 0 Å². The number of esters is 2. The van der Waals surface area contributed by atoms with Gasteiger partial charge in [0.05, 0.1) is 24.9 Å². The maximum Gasteiger partial charge on any atom is 0.323 e. The Morgan fingerprint density at radius 3 is 2.54 bits per heavy atom. The molecule has 2 unspecified atom stereocenters. The van der Waals surface area contributed by atoms with Gasteiger partial charge in [-0.05, 0) is 85.8 Å². The van der Waals surface area contributed by atoms with Gasteiger partial charge in [-0.1, -0.05) is 43.7 Å². The third kappa shape index (κ3) is 6.36. The highest BCUT2D eigenvalue weighted by atomic mass is 35.5. The lowest BCUT2D eigenvalue weighted by molar-refractivity contribution is -0.225. The third-order valence-corrected chi connectivity index (χ3v) is 13.4. The van der Waals surface area contributed by atoms with Crippen LogP contribution in [-0.4, -0.2) is 91.5 Å². The SMILES string of the molecule is COc1cc2c(cc1OC)C(C)N(CC(C)[C@@H]1CC[C@@H](C)[C@@]3(O)[C@@H]1C=C(C)[C@@H](OC(C)=O)[C@@H]3OC(=O)[C@@H]1C[C@@]3(O)c4cccc(Cl)c4N(C)O[C@H]3N1)CC2. The molecule has 2 aliphatic carbocycles. The molecule has 0 radical (unpaired) electrons. The minimum Gasteiger partial charge on any atom is -0.493 e. The molecule has 7 rings (SSSR count). The summed E-state index contributed by atoms with van der Waals surface area (Å²) in [5.74, 6) is -0.192. The van der Waals surface area contributed by atoms with Gasteiger partial charge < -0.3 is 29.2 Å². The van der Waals surface area contributed by atoms with E-state index in [0.717, 1.165) is 37.3 Å². The lowest BCUT2D eigenvalue weighted by Crippen LogP contribution is -2.66. The summed E-state index contributed by atoms with van der Waals surface area (Å²) < 4.78 is 23.4. The Hall–Kier alpha value is -3.39. The Kier molecular flexibility index (Phi) is 10.5. The Morgan fingerprint density at radius 1 is 1.11 bits per heavy atom. The summed E-state index contributed by atoms with van der Waals surface area (Å²) in [6.45, 7) is 11.3. The number of hydrogen-bond acceptors (Lipinski definition) is 12. The van der Waals surface area contributed by atoms with Crippen molar-refractivity contribution in [3.63, 3.8) is 0 Å². The van der Waals surface area contributed by atoms with Gasteiger partial charge in [0.15, 0.2) is 29.9 Å². The lowest BCUT2D eigenvalue weighted by atomic mass is 9.55. The van der Waals surface area contributed by atoms with Crippen molar-refractivity contribution in [2.24, 2.45) is 23.7 Å². The standard InChI is InChI=1S/C41H54ClN3O9/c1-21-16-30-27(22(2)20-45-15-14-26-17-33(50-7)34(51-8)18-28(26)24(45)4)13-12-23(3)41(30,49)37(36(21)52-25(5)46)53-38(47)32-19-40(48)29-10-9-11-31(42)35(29)44(6)54-39(40)43-32/h9-11,16-18,22-24,27,30,32,36-37,39,43,48-49H,12-15,19-20H2,1-8H3/t22?,23-,24?,27+,30-,32+,36-,37+,39-,40-,41-/m1/s1. The van der Waals surface area contributed by atoms with Crippen molar-refractivity contribution in [3.8, 4) is 11.5 Å². The summed E-state index contributed by atoms with van der Waals surface area (Å²) in [4.78, 5) is 35.2. The highest BCUT2D eigenvalue weighted by Crippen LogP contribution is 2.53. The van der Waals surface area contributed by atoms with Crippen LogP contribution in [0.15, 0.2) is 42.0 Å². The first kappa shape index (κ1) is 38.9. The van der Waals surface area contributed by atoms with Gasteiger partial charge in [-0.25, -0.2) is 0 Å². The van der Waals surface area contributed by atoms with E-state index in [1.807, 2.05) is 13.8 Å². The van der Waals surface area contributed by atoms with Crippen molar-refractivity contribution in [2.45, 2.75) is 102 Å². The molecule has 3 N–H and O–H groups in total. The number of anilines is 1. The molecule has 0 spiro atoms. The molecule has 0 bridgehead atoms. The minimum absolute atomic E-state index is 0.0513. The summed E-state index contributed by atoms with van der Waals surface area (Å²) in [6.07, 6.45) is 1.35. The van der Waals surface area contributed by atoms with Crippen molar-refractivity contribution in [1.29, 1.82) is 0 Å². The van der Waals surface area contributed by atoms with Crippen LogP contribution in [-0.2, 0) is 35.9 Å². The second-order valence-corrected chi connectivity index (χ2v) is 16.5. The first-order valence-electron chi connectivity index (χ1n) is 19.1. The number of nitrogens with zero attached hydrogens (tertiary/aromatic N) is 2. The Morgan fingerprint density at radius 2 is 1.83 bits per heavy atom. The molecule has 1 saturated carbocycles. The maximum absolute atomic E-state index is 14.2. The quantitative estimate of drug-likeness (QED) is 0.244. The Bertz CT molecular complexity index is 1820. The molecule has 11 atom stereocenters. The molecule has 3 heterocycles. The van der Waals surface area contributed by atoms with Gasteiger partial charge in [0.1, 0.15) is 17.2 Å². The first-order valence-corrected chi connectivity index (χ1v) is 19.4. The molecular formula is C41H54ClN3O9. The van der Waals surface area contributed by atoms with Crippen LogP contribution in [0.1, 0.15) is 76.6 Å². The number of rotatable bonds is 8. The number of nitrogens with one attached hydrogen (secondary N) is 1. The van der Waals surface area contributed by atoms with Crippen LogP contribution >= 0.6 is 11.6 Å². The zero-order valence-corrected chi connectivity index (χ0v) is 33.2. The average Bonchev–Trinajstić information content (AvgIpc) is 3.49. The molecular weight excluding hydrogens is 714 g/mol. The second kappa shape index (κ2) is 14.6. The van der Waals surface area contributed by atoms with E-state index in [2.05, 4.69) is 42.3 Å². The topological polar surface area (TPSA) is 139 Å². The summed E-state index contributed by atoms with van der Waals surface area (Å²) in [7, 11) is 5.00. The zero-order chi connectivity index (χ0) is 38.9. The number of carbonyl (C=O) groups excluding carboxylic acids is 2. The summed E-state index contributed by atoms with van der Waals surface area (Å²) in [5.41, 5.74) is 1.15. The molecule has 3 aliphatic heterocycles. The van der Waals surface area contributed by atoms with E-state index in [9.17, 15) is 19.8 Å². The van der Waals surface area contributed by atoms with Crippen LogP contribution in [0.25, 0.3) is 0 Å². The fourth-order valence-corrected chi connectivity index (χ4v) is 10.4. The number of ether oxygens (including phenoxy) is 4. The number of hydroxylamine groups is 1. The number of fused-ring (bicyclic) bond motifs is 5. The van der Waals surface area contributed by atoms with Crippen LogP contribution in [0.2, 0.25) is 5.02 Å². The predicted octanol–water partition coefficient (Wildman–Crippen LogP) is 5.07. The molecule has 0 aromatic heterocycles. The van der Waals surface area contributed by atoms with Crippen molar-refractivity contribution < 1.29 is 43.6 Å². The monoisotopic (exact) mass is 767 g/mol. The molecule has 13 heteroatoms. The summed E-state index contributed by atoms with van der Waals surface area (Å²) >= 11 is 6.49. The molecule has 294 valence electrons. The fraction of sp³-hybridized carbons (Fsp3) is 0.610. The number of halogens is 1. The van der Waals surface area contributed by atoms with Gasteiger partial charge in [-0.3, -0.25) is 29.7 Å². The molecule has 2 fully saturated rings. The highest BCUT2D eigenvalue weighted by molar-refractivity contribution is 6.33. The largest absolute Gasteiger partial charge is 0.493 e. The normalized spacial score (nSPS) is 35.1. The number of hydrogen-bond donors (Lipinski definition) is 3. The van der Waals surface area contributed by atoms with E-state index in [1.54, 1.807) is 39.5 Å². The lowest BCUT2D eigenvalue weighted by Gasteiger charge is -2.56. The third-order valence-electron chi connectivity index (χ3n) is 13.1. The molecule has 2 aromatic carbocycles. The fourth-order valence-electron chi connectivity index (χ4n) is 10.1. The number of benzene rings is 2. The average molecular weight is 768 g/mol. The van der Waals surface area contributed by atoms with Crippen LogP contribution in [0.5, 0.6) is 11.5 Å². The number of aliphatic hydroxyl groups is 2. The van der Waals surface area contributed by atoms with E-state index < -0.39 is 47.6 Å². The number of methoxy groups -OCH3 is 2. The van der Waals surface area contributed by atoms with Crippen molar-refractivity contribution in [2.75, 3.05) is 39.4 Å². The zero-order valence-electron chi connectivity index (χ0n) is 32.4. The molecule has 5 aliphatic rings. The summed E-state index contributed by atoms with van der Waals surface area (Å²) in [6, 6.07) is 8.56. The van der Waals surface area contributed by atoms with E-state index in [4.69, 9.17) is 35.4 Å². The second-order valence-electron chi connectivity index (χ2n) is 16.1. The Balaban J connectivity index is 1.14. The molecule has 12 nitrogen and oxygen atoms in total. The minimum atomic E-state index is -1.57. The van der Waals surface area contributed by atoms with Crippen molar-refractivity contribution >= 4 is 29.2 Å². The van der Waals surface area contributed by atoms with Gasteiger partial charge in [0, 0.05) is 51.0 Å². The number of carbonyl (C=O) groups is 2. The van der Waals surface area contributed by atoms with Crippen LogP contribution in [0.4, 0.5) is 5.69 Å².